The van der Waals surface area contributed by atoms with E-state index in [-0.39, 0.29) is 12.0 Å². The number of benzene rings is 1. The molecule has 5 N–H and O–H groups in total. The first-order valence-electron chi connectivity index (χ1n) is 14.4. The number of halogens is 2. The number of ether oxygens (including phenoxy) is 3. The maximum absolute atomic E-state index is 12.8. The molecule has 1 aromatic carbocycles. The number of hydrogen-bond acceptors (Lipinski definition) is 11. The Morgan fingerprint density at radius 3 is 1.96 bits per heavy atom. The van der Waals surface area contributed by atoms with Gasteiger partial charge in [0.25, 0.3) is 11.1 Å². The van der Waals surface area contributed by atoms with E-state index in [4.69, 9.17) is 42.5 Å². The second-order valence-corrected chi connectivity index (χ2v) is 11.1. The molecule has 15 nitrogen and oxygen atoms in total. The zero-order valence-electron chi connectivity index (χ0n) is 25.3. The van der Waals surface area contributed by atoms with E-state index in [2.05, 4.69) is 22.2 Å². The average molecular weight is 706 g/mol. The van der Waals surface area contributed by atoms with Crippen molar-refractivity contribution < 1.29 is 34.3 Å². The van der Waals surface area contributed by atoms with Crippen molar-refractivity contribution in [2.75, 3.05) is 6.61 Å². The number of nitrogens with one attached hydrogen (secondary N) is 2. The number of H-pyrrole nitrogens is 2. The first kappa shape index (κ1) is 36.4. The summed E-state index contributed by atoms with van der Waals surface area (Å²) in [7, 11) is 0. The number of aliphatic hydroxyl groups excluding tert-OH is 2. The molecule has 2 saturated heterocycles. The molecule has 0 amide bonds. The number of esters is 1. The number of hydrogen-bond donors (Lipinski definition) is 5. The Kier molecular flexibility index (Phi) is 11.5. The van der Waals surface area contributed by atoms with Crippen LogP contribution in [-0.4, -0.2) is 76.5 Å². The van der Waals surface area contributed by atoms with Gasteiger partial charge in [0.15, 0.2) is 12.5 Å². The SMILES string of the molecule is CC[C@H]1O[C@@H](n2ccc(=O)[nH]c2=O)[C@](C#CCl)(OC(=O)c2ccccc2)[C@@H]1C.O=c1ccn([C@@H]2O[C@H](CO)[C@@H](O)[C@]2(O)C#CCl)c(=O)[nH]1. The van der Waals surface area contributed by atoms with Crippen molar-refractivity contribution >= 4 is 29.2 Å². The molecule has 254 valence electrons. The summed E-state index contributed by atoms with van der Waals surface area (Å²) < 4.78 is 19.1. The van der Waals surface area contributed by atoms with Crippen LogP contribution < -0.4 is 22.5 Å². The van der Waals surface area contributed by atoms with E-state index < -0.39 is 70.9 Å². The van der Waals surface area contributed by atoms with E-state index in [9.17, 15) is 34.2 Å². The van der Waals surface area contributed by atoms with Gasteiger partial charge >= 0.3 is 17.3 Å². The number of carbonyl (C=O) groups is 1. The van der Waals surface area contributed by atoms with Gasteiger partial charge in [-0.05, 0) is 53.6 Å². The summed E-state index contributed by atoms with van der Waals surface area (Å²) in [5.74, 6) is 3.91. The predicted octanol–water partition coefficient (Wildman–Crippen LogP) is -0.00640. The normalized spacial score (nSPS) is 29.0. The van der Waals surface area contributed by atoms with Gasteiger partial charge in [-0.2, -0.15) is 0 Å². The van der Waals surface area contributed by atoms with E-state index in [0.29, 0.717) is 12.0 Å². The summed E-state index contributed by atoms with van der Waals surface area (Å²) in [6.45, 7) is 3.14. The van der Waals surface area contributed by atoms with Crippen molar-refractivity contribution in [1.29, 1.82) is 0 Å². The Morgan fingerprint density at radius 1 is 0.917 bits per heavy atom. The van der Waals surface area contributed by atoms with Crippen LogP contribution in [0, 0.1) is 28.5 Å². The van der Waals surface area contributed by atoms with Crippen LogP contribution in [0.15, 0.2) is 74.0 Å². The van der Waals surface area contributed by atoms with Crippen molar-refractivity contribution in [1.82, 2.24) is 19.1 Å². The van der Waals surface area contributed by atoms with Gasteiger partial charge in [0.1, 0.15) is 12.2 Å². The molecule has 0 unspecified atom stereocenters. The second-order valence-electron chi connectivity index (χ2n) is 10.7. The molecule has 2 aliphatic heterocycles. The topological polar surface area (TPSA) is 215 Å². The van der Waals surface area contributed by atoms with Gasteiger partial charge in [-0.1, -0.05) is 32.0 Å². The minimum absolute atomic E-state index is 0.331. The first-order valence-corrected chi connectivity index (χ1v) is 15.1. The lowest BCUT2D eigenvalue weighted by Gasteiger charge is -2.32. The highest BCUT2D eigenvalue weighted by molar-refractivity contribution is 6.30. The van der Waals surface area contributed by atoms with Gasteiger partial charge < -0.3 is 29.5 Å². The molecule has 2 aromatic heterocycles. The predicted molar refractivity (Wildman–Crippen MR) is 170 cm³/mol. The summed E-state index contributed by atoms with van der Waals surface area (Å²) in [5.41, 5.74) is -6.11. The minimum atomic E-state index is -2.20. The molecule has 2 fully saturated rings. The van der Waals surface area contributed by atoms with Crippen LogP contribution in [0.4, 0.5) is 0 Å². The molecule has 8 atom stereocenters. The number of aliphatic hydroxyl groups is 3. The van der Waals surface area contributed by atoms with Crippen molar-refractivity contribution in [3.63, 3.8) is 0 Å². The van der Waals surface area contributed by atoms with Crippen molar-refractivity contribution in [2.24, 2.45) is 5.92 Å². The number of nitrogens with zero attached hydrogens (tertiary/aromatic N) is 2. The molecular formula is C31H30Cl2N4O11. The molecule has 17 heteroatoms. The number of carbonyl (C=O) groups excluding carboxylic acids is 1. The van der Waals surface area contributed by atoms with E-state index in [1.807, 2.05) is 24.2 Å². The smallest absolute Gasteiger partial charge is 0.339 e. The van der Waals surface area contributed by atoms with Crippen molar-refractivity contribution in [2.45, 2.75) is 62.2 Å². The van der Waals surface area contributed by atoms with Crippen LogP contribution in [0.5, 0.6) is 0 Å². The van der Waals surface area contributed by atoms with Gasteiger partial charge in [-0.15, -0.1) is 0 Å². The first-order chi connectivity index (χ1) is 22.9. The maximum Gasteiger partial charge on any atom is 0.339 e. The summed E-state index contributed by atoms with van der Waals surface area (Å²) in [5, 5.41) is 33.6. The van der Waals surface area contributed by atoms with Gasteiger partial charge in [-0.3, -0.25) is 28.7 Å². The second kappa shape index (κ2) is 15.2. The third-order valence-corrected chi connectivity index (χ3v) is 8.13. The molecule has 0 aliphatic carbocycles. The van der Waals surface area contributed by atoms with Crippen LogP contribution >= 0.6 is 23.2 Å². The van der Waals surface area contributed by atoms with Crippen molar-refractivity contribution in [3.05, 3.63) is 102 Å². The van der Waals surface area contributed by atoms with E-state index in [1.165, 1.54) is 12.3 Å². The summed E-state index contributed by atoms with van der Waals surface area (Å²) >= 11 is 11.0. The van der Waals surface area contributed by atoms with Crippen LogP contribution in [0.1, 0.15) is 43.1 Å². The lowest BCUT2D eigenvalue weighted by Crippen LogP contribution is -2.48. The Hall–Kier alpha value is -4.45. The van der Waals surface area contributed by atoms with Gasteiger partial charge in [0.2, 0.25) is 11.2 Å². The molecule has 0 bridgehead atoms. The molecule has 0 saturated carbocycles. The molecule has 48 heavy (non-hydrogen) atoms. The fourth-order valence-corrected chi connectivity index (χ4v) is 5.74. The Labute approximate surface area is 281 Å². The highest BCUT2D eigenvalue weighted by Crippen LogP contribution is 2.46. The third-order valence-electron chi connectivity index (χ3n) is 7.94. The number of aromatic amines is 2. The van der Waals surface area contributed by atoms with E-state index in [0.717, 1.165) is 21.4 Å². The quantitative estimate of drug-likeness (QED) is 0.170. The standard InChI is InChI=1S/C20H19ClN2O5.C11H11ClN2O6/c1-3-15-13(2)20(10-11-21,28-17(25)14-7-5-4-6-8-14)18(27-15)23-12-9-16(24)22-19(23)26;12-3-2-11(19)8(17)6(5-15)20-9(11)14-4-1-7(16)13-10(14)18/h4-9,12-13,15,18H,3H2,1-2H3,(H,22,24,26);1,4,6,8-9,15,17,19H,5H2,(H,13,16,18)/t13-,15-,18-,20-;6-,8-,9-,11-/m11/s1. The van der Waals surface area contributed by atoms with E-state index >= 15 is 0 Å². The Morgan fingerprint density at radius 2 is 1.46 bits per heavy atom. The van der Waals surface area contributed by atoms with Crippen LogP contribution in [0.25, 0.3) is 0 Å². The summed E-state index contributed by atoms with van der Waals surface area (Å²) in [4.78, 5) is 63.5. The Bertz CT molecular complexity index is 1990. The molecule has 5 rings (SSSR count). The third kappa shape index (κ3) is 7.03. The minimum Gasteiger partial charge on any atom is -0.437 e. The zero-order valence-corrected chi connectivity index (χ0v) is 26.8. The number of aromatic nitrogens is 4. The van der Waals surface area contributed by atoms with Crippen LogP contribution in [-0.2, 0) is 14.2 Å². The molecule has 0 radical (unpaired) electrons. The maximum atomic E-state index is 12.8. The fourth-order valence-electron chi connectivity index (χ4n) is 5.44. The zero-order chi connectivity index (χ0) is 35.2. The molecule has 0 spiro atoms. The lowest BCUT2D eigenvalue weighted by molar-refractivity contribution is -0.0792. The molecule has 4 heterocycles. The lowest BCUT2D eigenvalue weighted by atomic mass is 9.85. The van der Waals surface area contributed by atoms with Crippen molar-refractivity contribution in [3.8, 4) is 22.6 Å². The monoisotopic (exact) mass is 704 g/mol. The summed E-state index contributed by atoms with van der Waals surface area (Å²) in [6.07, 6.45) is -2.60. The van der Waals surface area contributed by atoms with Crippen LogP contribution in [0.2, 0.25) is 0 Å². The molecular weight excluding hydrogens is 675 g/mol. The highest BCUT2D eigenvalue weighted by atomic mass is 35.5. The largest absolute Gasteiger partial charge is 0.437 e. The van der Waals surface area contributed by atoms with Gasteiger partial charge in [0, 0.05) is 41.2 Å². The van der Waals surface area contributed by atoms with E-state index in [1.54, 1.807) is 30.3 Å². The molecule has 2 aliphatic rings. The van der Waals surface area contributed by atoms with Gasteiger partial charge in [0.05, 0.1) is 18.3 Å². The molecule has 3 aromatic rings. The number of rotatable bonds is 6. The van der Waals surface area contributed by atoms with Gasteiger partial charge in [-0.25, -0.2) is 14.4 Å². The average Bonchev–Trinajstić information content (AvgIpc) is 3.47. The summed E-state index contributed by atoms with van der Waals surface area (Å²) in [6, 6.07) is 10.7. The Balaban J connectivity index is 0.000000229. The van der Waals surface area contributed by atoms with Crippen LogP contribution in [0.3, 0.4) is 0 Å². The highest BCUT2D eigenvalue weighted by Gasteiger charge is 2.58. The fraction of sp³-hybridized carbons (Fsp3) is 0.387.